The van der Waals surface area contributed by atoms with E-state index in [0.29, 0.717) is 6.54 Å². The third-order valence-corrected chi connectivity index (χ3v) is 4.29. The van der Waals surface area contributed by atoms with Crippen LogP contribution in [0.1, 0.15) is 18.4 Å². The molecule has 0 amide bonds. The monoisotopic (exact) mass is 313 g/mol. The van der Waals surface area contributed by atoms with Gasteiger partial charge < -0.3 is 15.2 Å². The highest BCUT2D eigenvalue weighted by Crippen LogP contribution is 2.36. The summed E-state index contributed by atoms with van der Waals surface area (Å²) in [7, 11) is 1.71. The number of hydrogen-bond donors (Lipinski definition) is 1. The van der Waals surface area contributed by atoms with Crippen LogP contribution in [0.15, 0.2) is 22.7 Å². The molecule has 3 nitrogen and oxygen atoms in total. The molecule has 0 unspecified atom stereocenters. The Morgan fingerprint density at radius 3 is 2.72 bits per heavy atom. The summed E-state index contributed by atoms with van der Waals surface area (Å²) in [6.45, 7) is 2.33. The first kappa shape index (κ1) is 13.8. The summed E-state index contributed by atoms with van der Waals surface area (Å²) < 4.78 is 12.0. The number of halogens is 1. The van der Waals surface area contributed by atoms with Crippen LogP contribution in [0, 0.1) is 5.41 Å². The van der Waals surface area contributed by atoms with Gasteiger partial charge in [0, 0.05) is 17.7 Å². The van der Waals surface area contributed by atoms with Crippen LogP contribution >= 0.6 is 15.9 Å². The van der Waals surface area contributed by atoms with Crippen LogP contribution in [0.2, 0.25) is 0 Å². The van der Waals surface area contributed by atoms with Gasteiger partial charge in [-0.15, -0.1) is 0 Å². The molecular weight excluding hydrogens is 294 g/mol. The van der Waals surface area contributed by atoms with Gasteiger partial charge in [0.2, 0.25) is 0 Å². The zero-order valence-corrected chi connectivity index (χ0v) is 12.3. The third-order valence-electron chi connectivity index (χ3n) is 3.79. The maximum absolute atomic E-state index is 6.01. The van der Waals surface area contributed by atoms with Gasteiger partial charge in [-0.25, -0.2) is 0 Å². The molecule has 1 aliphatic rings. The molecule has 1 heterocycles. The molecule has 1 fully saturated rings. The fraction of sp³-hybridized carbons (Fsp3) is 0.571. The van der Waals surface area contributed by atoms with Crippen molar-refractivity contribution in [3.8, 4) is 5.75 Å². The highest BCUT2D eigenvalue weighted by Gasteiger charge is 2.32. The zero-order chi connectivity index (χ0) is 13.0. The number of rotatable bonds is 4. The number of methoxy groups -OCH3 is 1. The normalized spacial score (nSPS) is 18.6. The van der Waals surface area contributed by atoms with Crippen molar-refractivity contribution in [3.63, 3.8) is 0 Å². The van der Waals surface area contributed by atoms with Gasteiger partial charge in [0.1, 0.15) is 5.75 Å². The fourth-order valence-electron chi connectivity index (χ4n) is 2.55. The van der Waals surface area contributed by atoms with Gasteiger partial charge in [-0.05, 0) is 55.0 Å². The second-order valence-electron chi connectivity index (χ2n) is 4.95. The van der Waals surface area contributed by atoms with Gasteiger partial charge in [-0.3, -0.25) is 0 Å². The van der Waals surface area contributed by atoms with E-state index in [-0.39, 0.29) is 5.41 Å². The first-order valence-electron chi connectivity index (χ1n) is 6.29. The highest BCUT2D eigenvalue weighted by atomic mass is 79.9. The molecule has 0 saturated carbocycles. The summed E-state index contributed by atoms with van der Waals surface area (Å²) in [6, 6.07) is 6.14. The standard InChI is InChI=1S/C14H20BrNO2/c1-17-13-3-2-12(15)8-11(13)9-14(10-16)4-6-18-7-5-14/h2-3,8H,4-7,9-10,16H2,1H3. The van der Waals surface area contributed by atoms with Crippen molar-refractivity contribution in [2.75, 3.05) is 26.9 Å². The fourth-order valence-corrected chi connectivity index (χ4v) is 2.96. The quantitative estimate of drug-likeness (QED) is 0.929. The molecule has 0 bridgehead atoms. The Hall–Kier alpha value is -0.580. The van der Waals surface area contributed by atoms with Gasteiger partial charge in [-0.1, -0.05) is 15.9 Å². The predicted molar refractivity (Wildman–Crippen MR) is 75.9 cm³/mol. The van der Waals surface area contributed by atoms with Gasteiger partial charge in [0.05, 0.1) is 7.11 Å². The minimum absolute atomic E-state index is 0.159. The van der Waals surface area contributed by atoms with Crippen LogP contribution in [0.25, 0.3) is 0 Å². The lowest BCUT2D eigenvalue weighted by Crippen LogP contribution is -2.38. The number of hydrogen-bond acceptors (Lipinski definition) is 3. The highest BCUT2D eigenvalue weighted by molar-refractivity contribution is 9.10. The van der Waals surface area contributed by atoms with Crippen LogP contribution in [-0.2, 0) is 11.2 Å². The van der Waals surface area contributed by atoms with E-state index in [1.807, 2.05) is 12.1 Å². The molecule has 1 aromatic rings. The molecule has 1 aliphatic heterocycles. The van der Waals surface area contributed by atoms with Crippen LogP contribution in [-0.4, -0.2) is 26.9 Å². The Kier molecular flexibility index (Phi) is 4.65. The minimum atomic E-state index is 0.159. The van der Waals surface area contributed by atoms with Crippen LogP contribution < -0.4 is 10.5 Å². The smallest absolute Gasteiger partial charge is 0.122 e. The largest absolute Gasteiger partial charge is 0.496 e. The summed E-state index contributed by atoms with van der Waals surface area (Å²) >= 11 is 3.52. The van der Waals surface area contributed by atoms with E-state index in [2.05, 4.69) is 22.0 Å². The Morgan fingerprint density at radius 2 is 2.11 bits per heavy atom. The number of benzene rings is 1. The van der Waals surface area contributed by atoms with Gasteiger partial charge in [-0.2, -0.15) is 0 Å². The van der Waals surface area contributed by atoms with Crippen LogP contribution in [0.3, 0.4) is 0 Å². The SMILES string of the molecule is COc1ccc(Br)cc1CC1(CN)CCOCC1. The summed E-state index contributed by atoms with van der Waals surface area (Å²) in [4.78, 5) is 0. The van der Waals surface area contributed by atoms with E-state index in [9.17, 15) is 0 Å². The Balaban J connectivity index is 2.23. The van der Waals surface area contributed by atoms with Crippen molar-refractivity contribution in [2.45, 2.75) is 19.3 Å². The molecule has 2 rings (SSSR count). The maximum atomic E-state index is 6.01. The molecule has 0 atom stereocenters. The van der Waals surface area contributed by atoms with E-state index in [4.69, 9.17) is 15.2 Å². The van der Waals surface area contributed by atoms with E-state index in [1.54, 1.807) is 7.11 Å². The van der Waals surface area contributed by atoms with Crippen molar-refractivity contribution in [1.29, 1.82) is 0 Å². The lowest BCUT2D eigenvalue weighted by atomic mass is 9.75. The van der Waals surface area contributed by atoms with E-state index in [1.165, 1.54) is 5.56 Å². The minimum Gasteiger partial charge on any atom is -0.496 e. The number of ether oxygens (including phenoxy) is 2. The van der Waals surface area contributed by atoms with Crippen molar-refractivity contribution >= 4 is 15.9 Å². The van der Waals surface area contributed by atoms with Crippen molar-refractivity contribution in [2.24, 2.45) is 11.1 Å². The third kappa shape index (κ3) is 3.05. The molecule has 0 aliphatic carbocycles. The first-order valence-corrected chi connectivity index (χ1v) is 7.09. The zero-order valence-electron chi connectivity index (χ0n) is 10.7. The average Bonchev–Trinajstić information content (AvgIpc) is 2.40. The van der Waals surface area contributed by atoms with Crippen molar-refractivity contribution in [1.82, 2.24) is 0 Å². The van der Waals surface area contributed by atoms with E-state index >= 15 is 0 Å². The molecule has 0 radical (unpaired) electrons. The van der Waals surface area contributed by atoms with E-state index < -0.39 is 0 Å². The molecule has 4 heteroatoms. The molecule has 1 aromatic carbocycles. The molecule has 2 N–H and O–H groups in total. The average molecular weight is 314 g/mol. The number of nitrogens with two attached hydrogens (primary N) is 1. The molecule has 100 valence electrons. The second-order valence-corrected chi connectivity index (χ2v) is 5.87. The molecule has 18 heavy (non-hydrogen) atoms. The second kappa shape index (κ2) is 6.04. The first-order chi connectivity index (χ1) is 8.69. The van der Waals surface area contributed by atoms with Crippen molar-refractivity contribution < 1.29 is 9.47 Å². The summed E-state index contributed by atoms with van der Waals surface area (Å²) in [5.41, 5.74) is 7.39. The summed E-state index contributed by atoms with van der Waals surface area (Å²) in [6.07, 6.45) is 3.01. The van der Waals surface area contributed by atoms with Crippen molar-refractivity contribution in [3.05, 3.63) is 28.2 Å². The maximum Gasteiger partial charge on any atom is 0.122 e. The molecule has 0 spiro atoms. The van der Waals surface area contributed by atoms with Gasteiger partial charge in [0.15, 0.2) is 0 Å². The lowest BCUT2D eigenvalue weighted by Gasteiger charge is -2.36. The Morgan fingerprint density at radius 1 is 1.39 bits per heavy atom. The topological polar surface area (TPSA) is 44.5 Å². The Bertz CT molecular complexity index is 403. The van der Waals surface area contributed by atoms with Gasteiger partial charge in [0.25, 0.3) is 0 Å². The summed E-state index contributed by atoms with van der Waals surface area (Å²) in [5, 5.41) is 0. The predicted octanol–water partition coefficient (Wildman–Crippen LogP) is 2.76. The molecule has 1 saturated heterocycles. The lowest BCUT2D eigenvalue weighted by molar-refractivity contribution is 0.0189. The molecular formula is C14H20BrNO2. The van der Waals surface area contributed by atoms with Crippen LogP contribution in [0.4, 0.5) is 0 Å². The van der Waals surface area contributed by atoms with Gasteiger partial charge >= 0.3 is 0 Å². The molecule has 0 aromatic heterocycles. The Labute approximate surface area is 117 Å². The summed E-state index contributed by atoms with van der Waals surface area (Å²) in [5.74, 6) is 0.942. The van der Waals surface area contributed by atoms with E-state index in [0.717, 1.165) is 42.7 Å². The van der Waals surface area contributed by atoms with Crippen LogP contribution in [0.5, 0.6) is 5.75 Å².